The van der Waals surface area contributed by atoms with Crippen molar-refractivity contribution in [2.75, 3.05) is 26.2 Å². The number of rotatable bonds is 6. The summed E-state index contributed by atoms with van der Waals surface area (Å²) in [6, 6.07) is 7.46. The molecule has 1 saturated heterocycles. The zero-order valence-corrected chi connectivity index (χ0v) is 14.0. The van der Waals surface area contributed by atoms with Crippen LogP contribution in [0.4, 0.5) is 0 Å². The number of nitrogens with zero attached hydrogens (tertiary/aromatic N) is 1. The fourth-order valence-electron chi connectivity index (χ4n) is 2.37. The molecule has 0 saturated carbocycles. The monoisotopic (exact) mass is 360 g/mol. The minimum atomic E-state index is 0. The van der Waals surface area contributed by atoms with Crippen LogP contribution >= 0.6 is 28.3 Å². The summed E-state index contributed by atoms with van der Waals surface area (Å²) in [5.74, 6) is 0.0219. The Morgan fingerprint density at radius 2 is 1.80 bits per heavy atom. The van der Waals surface area contributed by atoms with Crippen molar-refractivity contribution in [3.05, 3.63) is 34.3 Å². The van der Waals surface area contributed by atoms with Gasteiger partial charge in [-0.25, -0.2) is 0 Å². The highest BCUT2D eigenvalue weighted by molar-refractivity contribution is 9.10. The molecular weight excluding hydrogens is 340 g/mol. The Morgan fingerprint density at radius 1 is 1.15 bits per heavy atom. The second-order valence-corrected chi connectivity index (χ2v) is 5.93. The molecule has 0 aliphatic carbocycles. The number of likely N-dealkylation sites (tertiary alicyclic amines) is 1. The third-order valence-electron chi connectivity index (χ3n) is 3.49. The van der Waals surface area contributed by atoms with Crippen LogP contribution in [0.25, 0.3) is 0 Å². The van der Waals surface area contributed by atoms with E-state index in [1.165, 1.54) is 38.9 Å². The molecule has 0 bridgehead atoms. The van der Waals surface area contributed by atoms with Gasteiger partial charge in [0.1, 0.15) is 0 Å². The lowest BCUT2D eigenvalue weighted by atomic mass is 10.2. The number of hydrogen-bond acceptors (Lipinski definition) is 2. The average Bonchev–Trinajstić information content (AvgIpc) is 2.92. The Bertz CT molecular complexity index is 405. The fourth-order valence-corrected chi connectivity index (χ4v) is 2.64. The van der Waals surface area contributed by atoms with Crippen molar-refractivity contribution in [3.8, 4) is 0 Å². The maximum atomic E-state index is 11.8. The molecule has 2 rings (SSSR count). The number of hydrogen-bond donors (Lipinski definition) is 1. The van der Waals surface area contributed by atoms with E-state index in [0.29, 0.717) is 0 Å². The molecule has 112 valence electrons. The summed E-state index contributed by atoms with van der Waals surface area (Å²) in [4.78, 5) is 14.3. The normalized spacial score (nSPS) is 14.8. The number of halogens is 2. The summed E-state index contributed by atoms with van der Waals surface area (Å²) >= 11 is 3.36. The number of nitrogens with one attached hydrogen (secondary N) is 1. The van der Waals surface area contributed by atoms with Gasteiger partial charge >= 0.3 is 0 Å². The minimum Gasteiger partial charge on any atom is -0.352 e. The molecule has 0 atom stereocenters. The smallest absolute Gasteiger partial charge is 0.251 e. The second kappa shape index (κ2) is 9.37. The van der Waals surface area contributed by atoms with Gasteiger partial charge in [-0.2, -0.15) is 0 Å². The molecule has 1 heterocycles. The number of benzene rings is 1. The lowest BCUT2D eigenvalue weighted by Gasteiger charge is -2.14. The van der Waals surface area contributed by atoms with E-state index < -0.39 is 0 Å². The van der Waals surface area contributed by atoms with Gasteiger partial charge in [-0.15, -0.1) is 12.4 Å². The van der Waals surface area contributed by atoms with E-state index in [4.69, 9.17) is 0 Å². The lowest BCUT2D eigenvalue weighted by Crippen LogP contribution is -2.26. The molecule has 1 aliphatic heterocycles. The highest BCUT2D eigenvalue weighted by Crippen LogP contribution is 2.10. The largest absolute Gasteiger partial charge is 0.352 e. The second-order valence-electron chi connectivity index (χ2n) is 5.02. The van der Waals surface area contributed by atoms with Crippen LogP contribution in [0, 0.1) is 0 Å². The summed E-state index contributed by atoms with van der Waals surface area (Å²) in [6.07, 6.45) is 4.92. The molecule has 3 nitrogen and oxygen atoms in total. The number of carbonyl (C=O) groups excluding carboxylic acids is 1. The van der Waals surface area contributed by atoms with Crippen LogP contribution in [0.5, 0.6) is 0 Å². The maximum absolute atomic E-state index is 11.8. The van der Waals surface area contributed by atoms with Crippen LogP contribution < -0.4 is 5.32 Å². The summed E-state index contributed by atoms with van der Waals surface area (Å²) in [6.45, 7) is 4.45. The summed E-state index contributed by atoms with van der Waals surface area (Å²) in [5.41, 5.74) is 0.725. The molecule has 0 spiro atoms. The predicted molar refractivity (Wildman–Crippen MR) is 88.6 cm³/mol. The van der Waals surface area contributed by atoms with Gasteiger partial charge in [-0.3, -0.25) is 4.79 Å². The van der Waals surface area contributed by atoms with Gasteiger partial charge in [-0.1, -0.05) is 15.9 Å². The Balaban J connectivity index is 0.00000200. The number of unbranched alkanes of at least 4 members (excludes halogenated alkanes) is 1. The number of carbonyl (C=O) groups is 1. The molecule has 5 heteroatoms. The summed E-state index contributed by atoms with van der Waals surface area (Å²) in [5, 5.41) is 2.97. The predicted octanol–water partition coefficient (Wildman–Crippen LogP) is 3.48. The highest BCUT2D eigenvalue weighted by atomic mass is 79.9. The van der Waals surface area contributed by atoms with E-state index in [2.05, 4.69) is 26.1 Å². The van der Waals surface area contributed by atoms with Gasteiger partial charge in [0, 0.05) is 16.6 Å². The zero-order chi connectivity index (χ0) is 13.5. The van der Waals surface area contributed by atoms with Crippen molar-refractivity contribution in [2.45, 2.75) is 25.7 Å². The molecular formula is C15H22BrClN2O. The van der Waals surface area contributed by atoms with Gasteiger partial charge in [0.2, 0.25) is 0 Å². The lowest BCUT2D eigenvalue weighted by molar-refractivity contribution is 0.0952. The Kier molecular flexibility index (Phi) is 8.19. The first kappa shape index (κ1) is 17.5. The molecule has 1 fully saturated rings. The molecule has 0 radical (unpaired) electrons. The molecule has 20 heavy (non-hydrogen) atoms. The molecule has 1 aliphatic rings. The average molecular weight is 362 g/mol. The minimum absolute atomic E-state index is 0. The third kappa shape index (κ3) is 5.81. The van der Waals surface area contributed by atoms with Crippen molar-refractivity contribution in [1.29, 1.82) is 0 Å². The maximum Gasteiger partial charge on any atom is 0.251 e. The van der Waals surface area contributed by atoms with E-state index in [-0.39, 0.29) is 18.3 Å². The van der Waals surface area contributed by atoms with Crippen molar-refractivity contribution in [1.82, 2.24) is 10.2 Å². The van der Waals surface area contributed by atoms with E-state index >= 15 is 0 Å². The first-order chi connectivity index (χ1) is 9.25. The first-order valence-corrected chi connectivity index (χ1v) is 7.81. The van der Waals surface area contributed by atoms with Crippen molar-refractivity contribution >= 4 is 34.2 Å². The van der Waals surface area contributed by atoms with E-state index in [1.807, 2.05) is 24.3 Å². The van der Waals surface area contributed by atoms with Crippen molar-refractivity contribution < 1.29 is 4.79 Å². The van der Waals surface area contributed by atoms with Gasteiger partial charge < -0.3 is 10.2 Å². The Labute approximate surface area is 135 Å². The molecule has 0 unspecified atom stereocenters. The van der Waals surface area contributed by atoms with Crippen LogP contribution in [0.1, 0.15) is 36.0 Å². The summed E-state index contributed by atoms with van der Waals surface area (Å²) in [7, 11) is 0. The van der Waals surface area contributed by atoms with Crippen LogP contribution in [0.2, 0.25) is 0 Å². The standard InChI is InChI=1S/C15H21BrN2O.ClH/c16-14-7-5-13(6-8-14)15(19)17-9-1-2-10-18-11-3-4-12-18;/h5-8H,1-4,9-12H2,(H,17,19);1H. The molecule has 0 aromatic heterocycles. The molecule has 1 aromatic carbocycles. The molecule has 1 N–H and O–H groups in total. The SMILES string of the molecule is Cl.O=C(NCCCCN1CCCC1)c1ccc(Br)cc1. The van der Waals surface area contributed by atoms with Crippen LogP contribution in [-0.2, 0) is 0 Å². The topological polar surface area (TPSA) is 32.3 Å². The van der Waals surface area contributed by atoms with Crippen molar-refractivity contribution in [2.24, 2.45) is 0 Å². The van der Waals surface area contributed by atoms with E-state index in [1.54, 1.807) is 0 Å². The Morgan fingerprint density at radius 3 is 2.45 bits per heavy atom. The van der Waals surface area contributed by atoms with E-state index in [9.17, 15) is 4.79 Å². The Hall–Kier alpha value is -0.580. The van der Waals surface area contributed by atoms with Crippen LogP contribution in [0.3, 0.4) is 0 Å². The molecule has 1 aromatic rings. The fraction of sp³-hybridized carbons (Fsp3) is 0.533. The van der Waals surface area contributed by atoms with Gasteiger partial charge in [0.25, 0.3) is 5.91 Å². The summed E-state index contributed by atoms with van der Waals surface area (Å²) < 4.78 is 0.995. The van der Waals surface area contributed by atoms with E-state index in [0.717, 1.165) is 23.0 Å². The third-order valence-corrected chi connectivity index (χ3v) is 4.02. The highest BCUT2D eigenvalue weighted by Gasteiger charge is 2.10. The van der Waals surface area contributed by atoms with Gasteiger partial charge in [0.15, 0.2) is 0 Å². The van der Waals surface area contributed by atoms with Gasteiger partial charge in [0.05, 0.1) is 0 Å². The number of amides is 1. The van der Waals surface area contributed by atoms with Crippen LogP contribution in [-0.4, -0.2) is 37.0 Å². The quantitative estimate of drug-likeness (QED) is 0.787. The van der Waals surface area contributed by atoms with Gasteiger partial charge in [-0.05, 0) is 69.6 Å². The van der Waals surface area contributed by atoms with Crippen LogP contribution in [0.15, 0.2) is 28.7 Å². The molecule has 1 amide bonds. The first-order valence-electron chi connectivity index (χ1n) is 7.02. The zero-order valence-electron chi connectivity index (χ0n) is 11.6. The van der Waals surface area contributed by atoms with Crippen molar-refractivity contribution in [3.63, 3.8) is 0 Å².